The number of halogens is 2. The zero-order chi connectivity index (χ0) is 19.5. The normalized spacial score (nSPS) is 10.9. The minimum absolute atomic E-state index is 0.133. The van der Waals surface area contributed by atoms with Gasteiger partial charge in [-0.15, -0.1) is 0 Å². The van der Waals surface area contributed by atoms with Gasteiger partial charge in [-0.05, 0) is 23.8 Å². The number of benzene rings is 2. The molecule has 2 heterocycles. The number of aromatic nitrogens is 3. The van der Waals surface area contributed by atoms with Crippen molar-refractivity contribution in [2.24, 2.45) is 0 Å². The number of rotatable bonds is 5. The molecule has 0 radical (unpaired) electrons. The van der Waals surface area contributed by atoms with E-state index >= 15 is 0 Å². The van der Waals surface area contributed by atoms with Crippen molar-refractivity contribution in [1.29, 1.82) is 0 Å². The Balaban J connectivity index is 1.58. The maximum atomic E-state index is 13.8. The lowest BCUT2D eigenvalue weighted by Crippen LogP contribution is -2.10. The van der Waals surface area contributed by atoms with Crippen LogP contribution in [0.4, 0.5) is 8.78 Å². The van der Waals surface area contributed by atoms with Gasteiger partial charge in [0.15, 0.2) is 22.5 Å². The quantitative estimate of drug-likeness (QED) is 0.391. The Bertz CT molecular complexity index is 1200. The molecule has 0 amide bonds. The summed E-state index contributed by atoms with van der Waals surface area (Å²) in [6.45, 7) is 0. The first-order valence-electron chi connectivity index (χ1n) is 8.28. The van der Waals surface area contributed by atoms with Gasteiger partial charge in [0.05, 0.1) is 0 Å². The van der Waals surface area contributed by atoms with Gasteiger partial charge >= 0.3 is 0 Å². The molecule has 5 nitrogen and oxygen atoms in total. The Morgan fingerprint density at radius 3 is 2.64 bits per heavy atom. The van der Waals surface area contributed by atoms with E-state index in [1.165, 1.54) is 17.8 Å². The molecule has 0 bridgehead atoms. The van der Waals surface area contributed by atoms with Crippen molar-refractivity contribution >= 4 is 22.8 Å². The molecule has 140 valence electrons. The van der Waals surface area contributed by atoms with Crippen molar-refractivity contribution in [3.8, 4) is 11.5 Å². The number of nitrogens with one attached hydrogen (secondary N) is 1. The molecule has 4 aromatic rings. The third-order valence-electron chi connectivity index (χ3n) is 3.86. The first-order chi connectivity index (χ1) is 13.6. The van der Waals surface area contributed by atoms with Crippen LogP contribution >= 0.6 is 11.8 Å². The summed E-state index contributed by atoms with van der Waals surface area (Å²) in [7, 11) is 0. The molecular formula is C20H13F2N3O2S. The second-order valence-electron chi connectivity index (χ2n) is 5.87. The van der Waals surface area contributed by atoms with E-state index in [-0.39, 0.29) is 11.5 Å². The third kappa shape index (κ3) is 4.01. The number of hydrogen-bond acceptors (Lipinski definition) is 5. The molecule has 0 atom stereocenters. The van der Waals surface area contributed by atoms with E-state index in [1.54, 1.807) is 6.20 Å². The summed E-state index contributed by atoms with van der Waals surface area (Å²) in [5, 5.41) is 1.05. The van der Waals surface area contributed by atoms with Crippen LogP contribution in [0, 0.1) is 11.6 Å². The first-order valence-corrected chi connectivity index (χ1v) is 9.27. The van der Waals surface area contributed by atoms with Crippen molar-refractivity contribution in [2.75, 3.05) is 0 Å². The first kappa shape index (κ1) is 18.1. The van der Waals surface area contributed by atoms with Gasteiger partial charge in [0, 0.05) is 23.4 Å². The summed E-state index contributed by atoms with van der Waals surface area (Å²) in [6.07, 6.45) is 1.56. The monoisotopic (exact) mass is 397 g/mol. The van der Waals surface area contributed by atoms with Gasteiger partial charge in [-0.2, -0.15) is 0 Å². The van der Waals surface area contributed by atoms with Gasteiger partial charge in [-0.3, -0.25) is 4.79 Å². The smallest absolute Gasteiger partial charge is 0.292 e. The summed E-state index contributed by atoms with van der Waals surface area (Å²) in [4.78, 5) is 23.5. The van der Waals surface area contributed by atoms with Gasteiger partial charge in [0.2, 0.25) is 0 Å². The number of pyridine rings is 1. The van der Waals surface area contributed by atoms with Crippen LogP contribution in [0.15, 0.2) is 70.7 Å². The van der Waals surface area contributed by atoms with Crippen LogP contribution in [-0.4, -0.2) is 15.0 Å². The summed E-state index contributed by atoms with van der Waals surface area (Å²) in [6, 6.07) is 14.2. The van der Waals surface area contributed by atoms with Gasteiger partial charge in [-0.25, -0.2) is 18.7 Å². The average molecular weight is 397 g/mol. The number of hydrogen-bond donors (Lipinski definition) is 1. The highest BCUT2D eigenvalue weighted by molar-refractivity contribution is 7.98. The van der Waals surface area contributed by atoms with Crippen molar-refractivity contribution in [1.82, 2.24) is 15.0 Å². The number of ether oxygens (including phenoxy) is 1. The van der Waals surface area contributed by atoms with E-state index in [4.69, 9.17) is 4.74 Å². The van der Waals surface area contributed by atoms with E-state index < -0.39 is 17.2 Å². The molecule has 4 rings (SSSR count). The van der Waals surface area contributed by atoms with Crippen molar-refractivity contribution < 1.29 is 13.5 Å². The number of nitrogens with zero attached hydrogens (tertiary/aromatic N) is 2. The lowest BCUT2D eigenvalue weighted by atomic mass is 10.2. The van der Waals surface area contributed by atoms with E-state index in [0.29, 0.717) is 28.0 Å². The highest BCUT2D eigenvalue weighted by atomic mass is 32.2. The minimum atomic E-state index is -0.900. The van der Waals surface area contributed by atoms with E-state index in [2.05, 4.69) is 15.0 Å². The molecule has 0 aliphatic carbocycles. The second kappa shape index (κ2) is 7.77. The van der Waals surface area contributed by atoms with Crippen LogP contribution in [0.3, 0.4) is 0 Å². The topological polar surface area (TPSA) is 67.9 Å². The molecule has 0 saturated carbocycles. The summed E-state index contributed by atoms with van der Waals surface area (Å²) >= 11 is 1.44. The summed E-state index contributed by atoms with van der Waals surface area (Å²) < 4.78 is 32.0. The summed E-state index contributed by atoms with van der Waals surface area (Å²) in [5.74, 6) is -1.31. The Morgan fingerprint density at radius 2 is 1.86 bits per heavy atom. The van der Waals surface area contributed by atoms with Gasteiger partial charge in [-0.1, -0.05) is 42.1 Å². The molecule has 0 saturated heterocycles. The average Bonchev–Trinajstić information content (AvgIpc) is 2.69. The zero-order valence-corrected chi connectivity index (χ0v) is 15.2. The Kier molecular flexibility index (Phi) is 5.03. The Labute approximate surface area is 162 Å². The van der Waals surface area contributed by atoms with Gasteiger partial charge in [0.1, 0.15) is 11.5 Å². The highest BCUT2D eigenvalue weighted by Gasteiger charge is 2.11. The number of thioether (sulfide) groups is 1. The standard InChI is InChI=1S/C20H13F2N3O2S/c21-14-6-7-16(15(22)9-14)27-17-8-13-10-23-20(25-18(13)24-19(17)26)28-11-12-4-2-1-3-5-12/h1-10H,11H2,(H,23,24,25,26). The largest absolute Gasteiger partial charge is 0.448 e. The molecule has 1 N–H and O–H groups in total. The maximum absolute atomic E-state index is 13.8. The molecule has 0 aliphatic heterocycles. The fourth-order valence-electron chi connectivity index (χ4n) is 2.50. The molecule has 0 spiro atoms. The van der Waals surface area contributed by atoms with Crippen LogP contribution < -0.4 is 10.3 Å². The van der Waals surface area contributed by atoms with Crippen molar-refractivity contribution in [3.63, 3.8) is 0 Å². The predicted molar refractivity (Wildman–Crippen MR) is 103 cm³/mol. The van der Waals surface area contributed by atoms with Gasteiger partial charge in [0.25, 0.3) is 5.56 Å². The Hall–Kier alpha value is -3.26. The number of H-pyrrole nitrogens is 1. The number of aromatic amines is 1. The fraction of sp³-hybridized carbons (Fsp3) is 0.0500. The maximum Gasteiger partial charge on any atom is 0.292 e. The van der Waals surface area contributed by atoms with Crippen molar-refractivity contribution in [3.05, 3.63) is 88.3 Å². The van der Waals surface area contributed by atoms with Crippen LogP contribution in [0.5, 0.6) is 11.5 Å². The molecule has 28 heavy (non-hydrogen) atoms. The lowest BCUT2D eigenvalue weighted by Gasteiger charge is -2.07. The third-order valence-corrected chi connectivity index (χ3v) is 4.79. The zero-order valence-electron chi connectivity index (χ0n) is 14.4. The second-order valence-corrected chi connectivity index (χ2v) is 6.81. The highest BCUT2D eigenvalue weighted by Crippen LogP contribution is 2.25. The van der Waals surface area contributed by atoms with Crippen LogP contribution in [-0.2, 0) is 5.75 Å². The molecule has 0 aliphatic rings. The Morgan fingerprint density at radius 1 is 1.04 bits per heavy atom. The minimum Gasteiger partial charge on any atom is -0.448 e. The van der Waals surface area contributed by atoms with E-state index in [1.807, 2.05) is 30.3 Å². The molecule has 8 heteroatoms. The van der Waals surface area contributed by atoms with Gasteiger partial charge < -0.3 is 9.72 Å². The number of fused-ring (bicyclic) bond motifs is 1. The SMILES string of the molecule is O=c1[nH]c2nc(SCc3ccccc3)ncc2cc1Oc1ccc(F)cc1F. The van der Waals surface area contributed by atoms with Crippen LogP contribution in [0.1, 0.15) is 5.56 Å². The van der Waals surface area contributed by atoms with Crippen LogP contribution in [0.25, 0.3) is 11.0 Å². The molecular weight excluding hydrogens is 384 g/mol. The summed E-state index contributed by atoms with van der Waals surface area (Å²) in [5.41, 5.74) is 0.909. The molecule has 2 aromatic carbocycles. The van der Waals surface area contributed by atoms with E-state index in [9.17, 15) is 13.6 Å². The predicted octanol–water partition coefficient (Wildman–Crippen LogP) is 4.68. The van der Waals surface area contributed by atoms with Crippen molar-refractivity contribution in [2.45, 2.75) is 10.9 Å². The van der Waals surface area contributed by atoms with E-state index in [0.717, 1.165) is 17.7 Å². The van der Waals surface area contributed by atoms with Crippen LogP contribution in [0.2, 0.25) is 0 Å². The molecule has 0 unspecified atom stereocenters. The lowest BCUT2D eigenvalue weighted by molar-refractivity contribution is 0.433. The molecule has 2 aromatic heterocycles. The fourth-order valence-corrected chi connectivity index (χ4v) is 3.27. The molecule has 0 fully saturated rings.